The van der Waals surface area contributed by atoms with Gasteiger partial charge in [-0.1, -0.05) is 23.6 Å². The molecule has 1 aromatic carbocycles. The third kappa shape index (κ3) is 1.03. The quantitative estimate of drug-likeness (QED) is 0.470. The van der Waals surface area contributed by atoms with Crippen molar-refractivity contribution in [3.05, 3.63) is 35.4 Å². The summed E-state index contributed by atoms with van der Waals surface area (Å²) in [6.07, 6.45) is 0.867. The lowest BCUT2D eigenvalue weighted by molar-refractivity contribution is -0.321. The minimum atomic E-state index is -0.157. The lowest BCUT2D eigenvalue weighted by Crippen LogP contribution is -2.20. The molecular weight excluding hydrogens is 190 g/mol. The van der Waals surface area contributed by atoms with Gasteiger partial charge >= 0.3 is 11.8 Å². The van der Waals surface area contributed by atoms with Gasteiger partial charge in [-0.15, -0.1) is 0 Å². The molecule has 3 nitrogen and oxygen atoms in total. The molecule has 1 aliphatic heterocycles. The largest absolute Gasteiger partial charge is 0.428 e. The summed E-state index contributed by atoms with van der Waals surface area (Å²) in [7, 11) is 0. The third-order valence-electron chi connectivity index (χ3n) is 3.01. The number of rotatable bonds is 0. The average molecular weight is 200 g/mol. The van der Waals surface area contributed by atoms with Crippen molar-refractivity contribution in [2.75, 3.05) is 0 Å². The molecule has 1 fully saturated rings. The monoisotopic (exact) mass is 200 g/mol. The maximum absolute atomic E-state index is 11.9. The van der Waals surface area contributed by atoms with Gasteiger partial charge in [0, 0.05) is 12.3 Å². The topological polar surface area (TPSA) is 37.1 Å². The van der Waals surface area contributed by atoms with Gasteiger partial charge < -0.3 is 0 Å². The van der Waals surface area contributed by atoms with E-state index in [1.54, 1.807) is 24.3 Å². The molecule has 0 N–H and O–H groups in total. The van der Waals surface area contributed by atoms with Crippen molar-refractivity contribution >= 4 is 17.5 Å². The number of carbonyl (C=O) groups excluding carboxylic acids is 2. The van der Waals surface area contributed by atoms with Crippen LogP contribution < -0.4 is 0 Å². The minimum absolute atomic E-state index is 0.157. The summed E-state index contributed by atoms with van der Waals surface area (Å²) in [5.41, 5.74) is 2.03. The van der Waals surface area contributed by atoms with Gasteiger partial charge in [-0.25, -0.2) is 9.59 Å². The second-order valence-corrected chi connectivity index (χ2v) is 4.09. The summed E-state index contributed by atoms with van der Waals surface area (Å²) in [4.78, 5) is 23.8. The molecule has 1 atom stereocenters. The van der Waals surface area contributed by atoms with E-state index in [1.165, 1.54) is 4.58 Å². The van der Waals surface area contributed by atoms with Crippen molar-refractivity contribution < 1.29 is 14.2 Å². The van der Waals surface area contributed by atoms with Crippen LogP contribution in [0.25, 0.3) is 0 Å². The minimum Gasteiger partial charge on any atom is -0.214 e. The summed E-state index contributed by atoms with van der Waals surface area (Å²) in [5, 5.41) is 0. The lowest BCUT2D eigenvalue weighted by atomic mass is 10.1. The predicted molar refractivity (Wildman–Crippen MR) is 54.2 cm³/mol. The van der Waals surface area contributed by atoms with E-state index >= 15 is 0 Å². The standard InChI is InChI=1S/C12H10NO2/c1-7-6-10(7)13-11(14)8-4-2-3-5-9(8)12(13)15/h2-5,7H,6H2,1H3/q+1. The second-order valence-electron chi connectivity index (χ2n) is 4.09. The SMILES string of the molecule is CC1CC1=[N+]1C(=O)c2ccccc2C1=O. The van der Waals surface area contributed by atoms with Crippen molar-refractivity contribution in [2.45, 2.75) is 13.3 Å². The maximum Gasteiger partial charge on any atom is 0.428 e. The Kier molecular flexibility index (Phi) is 1.49. The van der Waals surface area contributed by atoms with E-state index in [1.807, 2.05) is 6.92 Å². The van der Waals surface area contributed by atoms with Gasteiger partial charge in [0.2, 0.25) is 0 Å². The molecule has 2 aliphatic rings. The molecule has 0 bridgehead atoms. The van der Waals surface area contributed by atoms with E-state index in [4.69, 9.17) is 0 Å². The van der Waals surface area contributed by atoms with Crippen LogP contribution in [-0.4, -0.2) is 22.1 Å². The Balaban J connectivity index is 2.22. The van der Waals surface area contributed by atoms with E-state index in [-0.39, 0.29) is 11.8 Å². The van der Waals surface area contributed by atoms with Gasteiger partial charge in [-0.05, 0) is 12.1 Å². The molecule has 0 aromatic heterocycles. The normalized spacial score (nSPS) is 23.4. The van der Waals surface area contributed by atoms with E-state index in [9.17, 15) is 9.59 Å². The zero-order chi connectivity index (χ0) is 10.6. The highest BCUT2D eigenvalue weighted by atomic mass is 16.2. The van der Waals surface area contributed by atoms with Crippen LogP contribution in [-0.2, 0) is 0 Å². The fourth-order valence-electron chi connectivity index (χ4n) is 2.02. The highest BCUT2D eigenvalue weighted by molar-refractivity contribution is 6.17. The highest BCUT2D eigenvalue weighted by Crippen LogP contribution is 2.29. The van der Waals surface area contributed by atoms with Gasteiger partial charge in [-0.3, -0.25) is 0 Å². The smallest absolute Gasteiger partial charge is 0.214 e. The van der Waals surface area contributed by atoms with Crippen LogP contribution in [0.15, 0.2) is 24.3 Å². The van der Waals surface area contributed by atoms with Gasteiger partial charge in [0.25, 0.3) is 0 Å². The lowest BCUT2D eigenvalue weighted by Gasteiger charge is -1.83. The van der Waals surface area contributed by atoms with E-state index in [2.05, 4.69) is 0 Å². The number of fused-ring (bicyclic) bond motifs is 1. The average Bonchev–Trinajstić information content (AvgIpc) is 2.89. The van der Waals surface area contributed by atoms with Crippen LogP contribution in [0.1, 0.15) is 34.1 Å². The molecule has 2 amide bonds. The summed E-state index contributed by atoms with van der Waals surface area (Å²) < 4.78 is 1.34. The Bertz CT molecular complexity index is 491. The molecule has 1 heterocycles. The first-order valence-electron chi connectivity index (χ1n) is 5.03. The van der Waals surface area contributed by atoms with Gasteiger partial charge in [0.1, 0.15) is 11.1 Å². The van der Waals surface area contributed by atoms with Gasteiger partial charge in [0.05, 0.1) is 0 Å². The molecule has 1 unspecified atom stereocenters. The predicted octanol–water partition coefficient (Wildman–Crippen LogP) is 1.47. The Morgan fingerprint density at radius 2 is 1.60 bits per heavy atom. The zero-order valence-electron chi connectivity index (χ0n) is 8.36. The number of hydrogen-bond acceptors (Lipinski definition) is 2. The highest BCUT2D eigenvalue weighted by Gasteiger charge is 2.50. The first-order chi connectivity index (χ1) is 7.20. The number of amides is 2. The number of imide groups is 1. The Morgan fingerprint density at radius 3 is 2.00 bits per heavy atom. The van der Waals surface area contributed by atoms with Crippen molar-refractivity contribution in [2.24, 2.45) is 5.92 Å². The van der Waals surface area contributed by atoms with Crippen LogP contribution in [0.3, 0.4) is 0 Å². The van der Waals surface area contributed by atoms with E-state index < -0.39 is 0 Å². The van der Waals surface area contributed by atoms with Crippen LogP contribution in [0.5, 0.6) is 0 Å². The molecule has 1 saturated carbocycles. The summed E-state index contributed by atoms with van der Waals surface area (Å²) in [6, 6.07) is 7.00. The molecule has 0 saturated heterocycles. The number of benzene rings is 1. The van der Waals surface area contributed by atoms with E-state index in [0.717, 1.165) is 12.1 Å². The first-order valence-corrected chi connectivity index (χ1v) is 5.03. The molecule has 3 rings (SSSR count). The Morgan fingerprint density at radius 1 is 1.13 bits per heavy atom. The third-order valence-corrected chi connectivity index (χ3v) is 3.01. The van der Waals surface area contributed by atoms with Crippen molar-refractivity contribution in [1.82, 2.24) is 0 Å². The molecular formula is C12H10NO2+. The first kappa shape index (κ1) is 8.53. The van der Waals surface area contributed by atoms with Gasteiger partial charge in [-0.2, -0.15) is 0 Å². The fourth-order valence-corrected chi connectivity index (χ4v) is 2.02. The summed E-state index contributed by atoms with van der Waals surface area (Å²) in [6.45, 7) is 2.03. The van der Waals surface area contributed by atoms with Crippen LogP contribution in [0.4, 0.5) is 0 Å². The van der Waals surface area contributed by atoms with Crippen LogP contribution in [0.2, 0.25) is 0 Å². The van der Waals surface area contributed by atoms with Crippen LogP contribution >= 0.6 is 0 Å². The molecule has 0 radical (unpaired) electrons. The molecule has 3 heteroatoms. The Hall–Kier alpha value is -1.77. The molecule has 1 aliphatic carbocycles. The van der Waals surface area contributed by atoms with Crippen molar-refractivity contribution in [3.8, 4) is 0 Å². The molecule has 15 heavy (non-hydrogen) atoms. The number of carbonyl (C=O) groups is 2. The number of nitrogens with zero attached hydrogens (tertiary/aromatic N) is 1. The van der Waals surface area contributed by atoms with E-state index in [0.29, 0.717) is 17.0 Å². The van der Waals surface area contributed by atoms with Gasteiger partial charge in [0.15, 0.2) is 5.71 Å². The molecule has 74 valence electrons. The maximum atomic E-state index is 11.9. The Labute approximate surface area is 87.0 Å². The summed E-state index contributed by atoms with van der Waals surface area (Å²) in [5.74, 6) is 0.0668. The molecule has 1 aromatic rings. The van der Waals surface area contributed by atoms with Crippen molar-refractivity contribution in [1.29, 1.82) is 0 Å². The fraction of sp³-hybridized carbons (Fsp3) is 0.250. The molecule has 0 spiro atoms. The summed E-state index contributed by atoms with van der Waals surface area (Å²) >= 11 is 0. The van der Waals surface area contributed by atoms with Crippen molar-refractivity contribution in [3.63, 3.8) is 0 Å². The number of hydrogen-bond donors (Lipinski definition) is 0. The zero-order valence-corrected chi connectivity index (χ0v) is 8.36. The van der Waals surface area contributed by atoms with Crippen LogP contribution in [0, 0.1) is 5.92 Å². The second kappa shape index (κ2) is 2.63.